The Balaban J connectivity index is 1.44. The van der Waals surface area contributed by atoms with Gasteiger partial charge in [0.25, 0.3) is 0 Å². The van der Waals surface area contributed by atoms with Gasteiger partial charge in [0.15, 0.2) is 0 Å². The summed E-state index contributed by atoms with van der Waals surface area (Å²) in [5.74, 6) is 1.77. The maximum atomic E-state index is 6.37. The van der Waals surface area contributed by atoms with Gasteiger partial charge in [0.2, 0.25) is 0 Å². The monoisotopic (exact) mass is 460 g/mol. The fourth-order valence-corrected chi connectivity index (χ4v) is 5.08. The third-order valence-corrected chi connectivity index (χ3v) is 6.89. The van der Waals surface area contributed by atoms with Crippen LogP contribution in [0.4, 0.5) is 5.82 Å². The Kier molecular flexibility index (Phi) is 5.25. The summed E-state index contributed by atoms with van der Waals surface area (Å²) in [5.41, 5.74) is 7.06. The van der Waals surface area contributed by atoms with Gasteiger partial charge in [-0.2, -0.15) is 0 Å². The molecule has 1 atom stereocenters. The molecule has 168 valence electrons. The zero-order valence-corrected chi connectivity index (χ0v) is 19.2. The lowest BCUT2D eigenvalue weighted by Gasteiger charge is -2.34. The summed E-state index contributed by atoms with van der Waals surface area (Å²) in [4.78, 5) is 19.0. The number of hydrogen-bond acceptors (Lipinski definition) is 6. The van der Waals surface area contributed by atoms with Crippen molar-refractivity contribution in [1.29, 1.82) is 0 Å². The second kappa shape index (κ2) is 8.41. The molecule has 0 unspecified atom stereocenters. The van der Waals surface area contributed by atoms with Crippen molar-refractivity contribution in [2.24, 2.45) is 0 Å². The van der Waals surface area contributed by atoms with Crippen molar-refractivity contribution in [1.82, 2.24) is 25.3 Å². The average molecular weight is 461 g/mol. The number of anilines is 1. The minimum absolute atomic E-state index is 0.159. The van der Waals surface area contributed by atoms with Crippen molar-refractivity contribution in [2.75, 3.05) is 31.2 Å². The molecular formula is C25H25ClN6O. The van der Waals surface area contributed by atoms with E-state index in [1.807, 2.05) is 25.4 Å². The molecule has 0 amide bonds. The van der Waals surface area contributed by atoms with Crippen LogP contribution >= 0.6 is 11.6 Å². The molecule has 1 aromatic carbocycles. The summed E-state index contributed by atoms with van der Waals surface area (Å²) in [6.45, 7) is 5.94. The number of pyridine rings is 1. The van der Waals surface area contributed by atoms with Gasteiger partial charge in [-0.1, -0.05) is 17.7 Å². The zero-order chi connectivity index (χ0) is 22.4. The minimum Gasteiger partial charge on any atom is -0.378 e. The summed E-state index contributed by atoms with van der Waals surface area (Å²) in [6.07, 6.45) is 6.49. The quantitative estimate of drug-likeness (QED) is 0.477. The van der Waals surface area contributed by atoms with E-state index >= 15 is 0 Å². The van der Waals surface area contributed by atoms with Crippen molar-refractivity contribution in [2.45, 2.75) is 25.9 Å². The number of ether oxygens (including phenoxy) is 1. The van der Waals surface area contributed by atoms with Gasteiger partial charge in [0.05, 0.1) is 24.3 Å². The Labute approximate surface area is 197 Å². The van der Waals surface area contributed by atoms with E-state index in [4.69, 9.17) is 16.3 Å². The normalized spacial score (nSPS) is 18.5. The molecule has 0 saturated carbocycles. The van der Waals surface area contributed by atoms with Crippen LogP contribution in [0.5, 0.6) is 0 Å². The Morgan fingerprint density at radius 2 is 2.12 bits per heavy atom. The SMILES string of the molecule is Cc1nccc(N2CCc3cc(-c4cnc5[nH]cc(Cl)c5c4)cc([C@@H]4COCCN4)c3C2)n1. The standard InChI is InChI=1S/C25H25ClN6O/c1-15-27-4-2-24(31-15)32-6-3-16-8-17(18-10-20-22(26)12-30-25(20)29-11-18)9-19(21(16)13-32)23-14-33-7-5-28-23/h2,4,8-12,23,28H,3,5-7,13-14H2,1H3,(H,29,30)/t23-/m0/s1. The molecule has 0 spiro atoms. The molecule has 2 N–H and O–H groups in total. The maximum Gasteiger partial charge on any atom is 0.138 e. The number of H-pyrrole nitrogens is 1. The average Bonchev–Trinajstić information content (AvgIpc) is 3.23. The van der Waals surface area contributed by atoms with Gasteiger partial charge in [-0.3, -0.25) is 0 Å². The van der Waals surface area contributed by atoms with Crippen molar-refractivity contribution in [3.05, 3.63) is 70.4 Å². The molecule has 3 aromatic heterocycles. The fourth-order valence-electron chi connectivity index (χ4n) is 4.89. The molecule has 5 heterocycles. The summed E-state index contributed by atoms with van der Waals surface area (Å²) >= 11 is 6.37. The number of aryl methyl sites for hydroxylation is 1. The van der Waals surface area contributed by atoms with Gasteiger partial charge < -0.3 is 19.9 Å². The molecule has 0 radical (unpaired) electrons. The van der Waals surface area contributed by atoms with E-state index in [-0.39, 0.29) is 6.04 Å². The van der Waals surface area contributed by atoms with Gasteiger partial charge in [-0.25, -0.2) is 15.0 Å². The number of nitrogens with one attached hydrogen (secondary N) is 2. The van der Waals surface area contributed by atoms with Gasteiger partial charge in [0, 0.05) is 49.2 Å². The van der Waals surface area contributed by atoms with E-state index in [1.54, 1.807) is 6.20 Å². The Hall–Kier alpha value is -3.00. The molecule has 4 aromatic rings. The topological polar surface area (TPSA) is 79.0 Å². The van der Waals surface area contributed by atoms with Crippen LogP contribution in [0.2, 0.25) is 5.02 Å². The summed E-state index contributed by atoms with van der Waals surface area (Å²) < 4.78 is 5.83. The molecular weight excluding hydrogens is 436 g/mol. The number of nitrogens with zero attached hydrogens (tertiary/aromatic N) is 4. The number of fused-ring (bicyclic) bond motifs is 2. The van der Waals surface area contributed by atoms with Crippen molar-refractivity contribution < 1.29 is 4.74 Å². The lowest BCUT2D eigenvalue weighted by atomic mass is 9.87. The highest BCUT2D eigenvalue weighted by Gasteiger charge is 2.26. The number of rotatable bonds is 3. The van der Waals surface area contributed by atoms with Crippen molar-refractivity contribution in [3.8, 4) is 11.1 Å². The number of morpholine rings is 1. The Morgan fingerprint density at radius 1 is 1.18 bits per heavy atom. The number of aromatic amines is 1. The lowest BCUT2D eigenvalue weighted by Crippen LogP contribution is -2.37. The van der Waals surface area contributed by atoms with Gasteiger partial charge in [0.1, 0.15) is 17.3 Å². The molecule has 6 rings (SSSR count). The highest BCUT2D eigenvalue weighted by molar-refractivity contribution is 6.35. The second-order valence-electron chi connectivity index (χ2n) is 8.68. The van der Waals surface area contributed by atoms with Gasteiger partial charge in [-0.15, -0.1) is 0 Å². The summed E-state index contributed by atoms with van der Waals surface area (Å²) in [5, 5.41) is 5.28. The van der Waals surface area contributed by atoms with E-state index in [0.717, 1.165) is 66.5 Å². The predicted octanol–water partition coefficient (Wildman–Crippen LogP) is 4.21. The predicted molar refractivity (Wildman–Crippen MR) is 130 cm³/mol. The molecule has 1 saturated heterocycles. The number of halogens is 1. The van der Waals surface area contributed by atoms with Crippen LogP contribution in [-0.2, 0) is 17.7 Å². The van der Waals surface area contributed by atoms with Crippen LogP contribution in [0.25, 0.3) is 22.2 Å². The summed E-state index contributed by atoms with van der Waals surface area (Å²) in [7, 11) is 0. The van der Waals surface area contributed by atoms with Crippen LogP contribution in [0, 0.1) is 6.92 Å². The molecule has 0 bridgehead atoms. The first kappa shape index (κ1) is 20.6. The van der Waals surface area contributed by atoms with Gasteiger partial charge in [-0.05, 0) is 53.8 Å². The molecule has 7 nitrogen and oxygen atoms in total. The highest BCUT2D eigenvalue weighted by atomic mass is 35.5. The highest BCUT2D eigenvalue weighted by Crippen LogP contribution is 2.35. The van der Waals surface area contributed by atoms with E-state index in [0.29, 0.717) is 11.6 Å². The third kappa shape index (κ3) is 3.86. The van der Waals surface area contributed by atoms with Crippen LogP contribution in [-0.4, -0.2) is 46.2 Å². The first-order chi connectivity index (χ1) is 16.2. The first-order valence-corrected chi connectivity index (χ1v) is 11.7. The van der Waals surface area contributed by atoms with Crippen molar-refractivity contribution >= 4 is 28.5 Å². The number of aromatic nitrogens is 4. The molecule has 33 heavy (non-hydrogen) atoms. The Bertz CT molecular complexity index is 1330. The molecule has 2 aliphatic heterocycles. The molecule has 2 aliphatic rings. The lowest BCUT2D eigenvalue weighted by molar-refractivity contribution is 0.0766. The first-order valence-electron chi connectivity index (χ1n) is 11.3. The zero-order valence-electron chi connectivity index (χ0n) is 18.4. The molecule has 8 heteroatoms. The van der Waals surface area contributed by atoms with Gasteiger partial charge >= 0.3 is 0 Å². The number of hydrogen-bond donors (Lipinski definition) is 2. The Morgan fingerprint density at radius 3 is 2.97 bits per heavy atom. The van der Waals surface area contributed by atoms with Crippen LogP contribution in [0.15, 0.2) is 42.9 Å². The smallest absolute Gasteiger partial charge is 0.138 e. The number of benzene rings is 1. The minimum atomic E-state index is 0.159. The largest absolute Gasteiger partial charge is 0.378 e. The van der Waals surface area contributed by atoms with Crippen molar-refractivity contribution in [3.63, 3.8) is 0 Å². The van der Waals surface area contributed by atoms with E-state index in [1.165, 1.54) is 16.7 Å². The second-order valence-corrected chi connectivity index (χ2v) is 9.08. The van der Waals surface area contributed by atoms with E-state index in [2.05, 4.69) is 48.4 Å². The van der Waals surface area contributed by atoms with Crippen LogP contribution in [0.3, 0.4) is 0 Å². The fraction of sp³-hybridized carbons (Fsp3) is 0.320. The van der Waals surface area contributed by atoms with E-state index < -0.39 is 0 Å². The summed E-state index contributed by atoms with van der Waals surface area (Å²) in [6, 6.07) is 8.89. The third-order valence-electron chi connectivity index (χ3n) is 6.57. The van der Waals surface area contributed by atoms with Crippen LogP contribution in [0.1, 0.15) is 28.6 Å². The van der Waals surface area contributed by atoms with Crippen LogP contribution < -0.4 is 10.2 Å². The maximum absolute atomic E-state index is 6.37. The molecule has 1 fully saturated rings. The van der Waals surface area contributed by atoms with E-state index in [9.17, 15) is 0 Å². The molecule has 0 aliphatic carbocycles.